The lowest BCUT2D eigenvalue weighted by atomic mass is 9.70. The van der Waals surface area contributed by atoms with Crippen molar-refractivity contribution < 1.29 is 18.0 Å². The topological polar surface area (TPSA) is 78.7 Å². The lowest BCUT2D eigenvalue weighted by Gasteiger charge is -2.36. The molecule has 0 saturated carbocycles. The highest BCUT2D eigenvalue weighted by Crippen LogP contribution is 2.44. The van der Waals surface area contributed by atoms with Gasteiger partial charge in [0.05, 0.1) is 16.9 Å². The van der Waals surface area contributed by atoms with Gasteiger partial charge in [0.25, 0.3) is 0 Å². The Morgan fingerprint density at radius 2 is 2.13 bits per heavy atom. The summed E-state index contributed by atoms with van der Waals surface area (Å²) < 4.78 is 42.0. The van der Waals surface area contributed by atoms with Gasteiger partial charge in [-0.3, -0.25) is 4.79 Å². The lowest BCUT2D eigenvalue weighted by molar-refractivity contribution is -0.139. The number of amides is 1. The molecule has 3 rings (SSSR count). The molecular formula is C20H21F3N4OS2. The minimum atomic E-state index is -4.67. The highest BCUT2D eigenvalue weighted by molar-refractivity contribution is 8.00. The molecule has 160 valence electrons. The number of anilines is 1. The van der Waals surface area contributed by atoms with Crippen LogP contribution in [0.4, 0.5) is 18.3 Å². The molecule has 0 aromatic carbocycles. The molecule has 0 bridgehead atoms. The van der Waals surface area contributed by atoms with Crippen LogP contribution in [0.5, 0.6) is 0 Å². The van der Waals surface area contributed by atoms with Gasteiger partial charge in [-0.1, -0.05) is 32.5 Å². The molecule has 1 aliphatic carbocycles. The Balaban J connectivity index is 1.94. The van der Waals surface area contributed by atoms with E-state index in [4.69, 9.17) is 0 Å². The SMILES string of the molecule is CC(C)(C)C1CCc2nc(SCC(=O)Nc3nccs3)c(C#N)c(C(F)(F)F)c2C1. The van der Waals surface area contributed by atoms with Crippen molar-refractivity contribution in [1.82, 2.24) is 9.97 Å². The van der Waals surface area contributed by atoms with Gasteiger partial charge in [-0.05, 0) is 36.2 Å². The molecule has 10 heteroatoms. The molecular weight excluding hydrogens is 433 g/mol. The van der Waals surface area contributed by atoms with Gasteiger partial charge >= 0.3 is 6.18 Å². The largest absolute Gasteiger partial charge is 0.418 e. The van der Waals surface area contributed by atoms with Crippen molar-refractivity contribution in [3.8, 4) is 6.07 Å². The lowest BCUT2D eigenvalue weighted by Crippen LogP contribution is -2.30. The average molecular weight is 455 g/mol. The average Bonchev–Trinajstić information content (AvgIpc) is 3.15. The van der Waals surface area contributed by atoms with Crippen molar-refractivity contribution in [1.29, 1.82) is 5.26 Å². The number of aromatic nitrogens is 2. The van der Waals surface area contributed by atoms with E-state index in [9.17, 15) is 23.2 Å². The molecule has 2 aromatic heterocycles. The molecule has 2 heterocycles. The Kier molecular flexibility index (Phi) is 6.43. The number of aryl methyl sites for hydroxylation is 1. The van der Waals surface area contributed by atoms with Crippen LogP contribution in [0.2, 0.25) is 0 Å². The van der Waals surface area contributed by atoms with Crippen molar-refractivity contribution in [2.24, 2.45) is 11.3 Å². The summed E-state index contributed by atoms with van der Waals surface area (Å²) in [5, 5.41) is 14.2. The number of thioether (sulfide) groups is 1. The second-order valence-electron chi connectivity index (χ2n) is 8.18. The van der Waals surface area contributed by atoms with E-state index < -0.39 is 23.2 Å². The summed E-state index contributed by atoms with van der Waals surface area (Å²) in [6, 6.07) is 1.70. The summed E-state index contributed by atoms with van der Waals surface area (Å²) in [6.45, 7) is 6.04. The van der Waals surface area contributed by atoms with E-state index in [-0.39, 0.29) is 34.1 Å². The van der Waals surface area contributed by atoms with Gasteiger partial charge < -0.3 is 5.32 Å². The molecule has 0 aliphatic heterocycles. The van der Waals surface area contributed by atoms with Gasteiger partial charge in [0, 0.05) is 17.3 Å². The van der Waals surface area contributed by atoms with Gasteiger partial charge in [-0.25, -0.2) is 9.97 Å². The Hall–Kier alpha value is -2.12. The number of rotatable bonds is 4. The molecule has 1 atom stereocenters. The van der Waals surface area contributed by atoms with Crippen LogP contribution in [-0.4, -0.2) is 21.6 Å². The summed E-state index contributed by atoms with van der Waals surface area (Å²) in [5.41, 5.74) is -1.03. The van der Waals surface area contributed by atoms with Crippen molar-refractivity contribution >= 4 is 34.1 Å². The summed E-state index contributed by atoms with van der Waals surface area (Å²) in [4.78, 5) is 20.4. The Labute approximate surface area is 181 Å². The molecule has 1 aliphatic rings. The number of hydrogen-bond acceptors (Lipinski definition) is 6. The van der Waals surface area contributed by atoms with Crippen LogP contribution in [0.1, 0.15) is 49.6 Å². The quantitative estimate of drug-likeness (QED) is 0.634. The van der Waals surface area contributed by atoms with E-state index in [0.717, 1.165) is 18.2 Å². The molecule has 0 fully saturated rings. The van der Waals surface area contributed by atoms with Crippen LogP contribution in [0, 0.1) is 22.7 Å². The number of carbonyl (C=O) groups excluding carboxylic acids is 1. The van der Waals surface area contributed by atoms with Gasteiger partial charge in [0.2, 0.25) is 5.91 Å². The van der Waals surface area contributed by atoms with Crippen molar-refractivity contribution in [2.45, 2.75) is 51.2 Å². The predicted molar refractivity (Wildman–Crippen MR) is 110 cm³/mol. The fraction of sp³-hybridized carbons (Fsp3) is 0.500. The second kappa shape index (κ2) is 8.55. The maximum atomic E-state index is 14.0. The highest BCUT2D eigenvalue weighted by Gasteiger charge is 2.42. The van der Waals surface area contributed by atoms with Crippen molar-refractivity contribution in [3.63, 3.8) is 0 Å². The van der Waals surface area contributed by atoms with Crippen molar-refractivity contribution in [2.75, 3.05) is 11.1 Å². The van der Waals surface area contributed by atoms with E-state index in [1.165, 1.54) is 17.5 Å². The van der Waals surface area contributed by atoms with E-state index in [1.807, 2.05) is 20.8 Å². The fourth-order valence-electron chi connectivity index (χ4n) is 3.57. The standard InChI is InChI=1S/C20H21F3N4OS2/c1-19(2,3)11-4-5-14-12(8-11)16(20(21,22)23)13(9-24)17(26-14)30-10-15(28)27-18-25-6-7-29-18/h6-7,11H,4-5,8,10H2,1-3H3,(H,25,27,28). The third kappa shape index (κ3) is 4.95. The van der Waals surface area contributed by atoms with Gasteiger partial charge in [0.1, 0.15) is 11.1 Å². The van der Waals surface area contributed by atoms with Gasteiger partial charge in [-0.15, -0.1) is 11.3 Å². The predicted octanol–water partition coefficient (Wildman–Crippen LogP) is 5.31. The Morgan fingerprint density at radius 1 is 1.40 bits per heavy atom. The van der Waals surface area contributed by atoms with E-state index >= 15 is 0 Å². The minimum Gasteiger partial charge on any atom is -0.301 e. The van der Waals surface area contributed by atoms with Crippen LogP contribution in [0.15, 0.2) is 16.6 Å². The molecule has 1 amide bonds. The molecule has 1 unspecified atom stereocenters. The Morgan fingerprint density at radius 3 is 2.70 bits per heavy atom. The number of hydrogen-bond donors (Lipinski definition) is 1. The Bertz CT molecular complexity index is 976. The molecule has 5 nitrogen and oxygen atoms in total. The van der Waals surface area contributed by atoms with Crippen LogP contribution >= 0.6 is 23.1 Å². The molecule has 30 heavy (non-hydrogen) atoms. The molecule has 0 spiro atoms. The number of nitrogens with zero attached hydrogens (tertiary/aromatic N) is 3. The van der Waals surface area contributed by atoms with Crippen LogP contribution in [0.25, 0.3) is 0 Å². The van der Waals surface area contributed by atoms with Crippen LogP contribution in [0.3, 0.4) is 0 Å². The molecule has 0 radical (unpaired) electrons. The summed E-state index contributed by atoms with van der Waals surface area (Å²) in [6.07, 6.45) is -1.74. The normalized spacial score (nSPS) is 16.6. The maximum Gasteiger partial charge on any atom is 0.418 e. The summed E-state index contributed by atoms with van der Waals surface area (Å²) in [5.74, 6) is -0.510. The molecule has 1 N–H and O–H groups in total. The van der Waals surface area contributed by atoms with Gasteiger partial charge in [-0.2, -0.15) is 18.4 Å². The summed E-state index contributed by atoms with van der Waals surface area (Å²) in [7, 11) is 0. The minimum absolute atomic E-state index is 0.0490. The van der Waals surface area contributed by atoms with E-state index in [1.54, 1.807) is 11.4 Å². The zero-order valence-corrected chi connectivity index (χ0v) is 18.4. The van der Waals surface area contributed by atoms with Crippen LogP contribution < -0.4 is 5.32 Å². The number of nitrogens with one attached hydrogen (secondary N) is 1. The van der Waals surface area contributed by atoms with Crippen molar-refractivity contribution in [3.05, 3.63) is 34.0 Å². The second-order valence-corrected chi connectivity index (χ2v) is 10.0. The highest BCUT2D eigenvalue weighted by atomic mass is 32.2. The smallest absolute Gasteiger partial charge is 0.301 e. The van der Waals surface area contributed by atoms with Gasteiger partial charge in [0.15, 0.2) is 5.13 Å². The third-order valence-corrected chi connectivity index (χ3v) is 6.83. The number of alkyl halides is 3. The number of nitriles is 1. The molecule has 2 aromatic rings. The first-order valence-electron chi connectivity index (χ1n) is 9.36. The fourth-order valence-corrected chi connectivity index (χ4v) is 4.92. The first kappa shape index (κ1) is 22.6. The number of fused-ring (bicyclic) bond motifs is 1. The first-order valence-corrected chi connectivity index (χ1v) is 11.2. The molecule has 0 saturated heterocycles. The monoisotopic (exact) mass is 454 g/mol. The zero-order valence-electron chi connectivity index (χ0n) is 16.8. The van der Waals surface area contributed by atoms with E-state index in [0.29, 0.717) is 17.2 Å². The van der Waals surface area contributed by atoms with Crippen LogP contribution in [-0.2, 0) is 23.8 Å². The number of thiazole rings is 1. The zero-order chi connectivity index (χ0) is 22.1. The maximum absolute atomic E-state index is 14.0. The first-order chi connectivity index (χ1) is 14.0. The number of halogens is 3. The summed E-state index contributed by atoms with van der Waals surface area (Å²) >= 11 is 2.08. The third-order valence-electron chi connectivity index (χ3n) is 5.17. The number of carbonyl (C=O) groups is 1. The van der Waals surface area contributed by atoms with E-state index in [2.05, 4.69) is 15.3 Å². The number of pyridine rings is 1.